The summed E-state index contributed by atoms with van der Waals surface area (Å²) in [6, 6.07) is 6.39. The molecule has 0 fully saturated rings. The van der Waals surface area contributed by atoms with Gasteiger partial charge in [-0.1, -0.05) is 46.9 Å². The Morgan fingerprint density at radius 1 is 1.04 bits per heavy atom. The third kappa shape index (κ3) is 4.18. The highest BCUT2D eigenvalue weighted by atomic mass is 35.5. The van der Waals surface area contributed by atoms with Crippen molar-refractivity contribution in [1.29, 1.82) is 0 Å². The molecule has 2 aromatic carbocycles. The van der Waals surface area contributed by atoms with Gasteiger partial charge in [0.1, 0.15) is 0 Å². The lowest BCUT2D eigenvalue weighted by Gasteiger charge is -2.15. The van der Waals surface area contributed by atoms with Crippen LogP contribution in [0.5, 0.6) is 5.75 Å². The summed E-state index contributed by atoms with van der Waals surface area (Å²) in [6.45, 7) is 3.10. The van der Waals surface area contributed by atoms with Crippen LogP contribution in [-0.2, 0) is 4.79 Å². The van der Waals surface area contributed by atoms with Crippen molar-refractivity contribution in [3.63, 3.8) is 0 Å². The second-order valence-corrected chi connectivity index (χ2v) is 6.40. The van der Waals surface area contributed by atoms with Gasteiger partial charge in [0.05, 0.1) is 21.3 Å². The topological polar surface area (TPSA) is 81.4 Å². The molecule has 132 valence electrons. The number of nitrogens with two attached hydrogens (primary N) is 1. The number of nitrogens with one attached hydrogen (secondary N) is 1. The molecule has 2 rings (SSSR count). The normalized spacial score (nSPS) is 10.4. The summed E-state index contributed by atoms with van der Waals surface area (Å²) in [6.07, 6.45) is 0. The number of benzene rings is 2. The van der Waals surface area contributed by atoms with Crippen LogP contribution in [0.2, 0.25) is 15.1 Å². The Morgan fingerprint density at radius 3 is 2.16 bits per heavy atom. The summed E-state index contributed by atoms with van der Waals surface area (Å²) in [5.74, 6) is -0.959. The molecule has 0 atom stereocenters. The highest BCUT2D eigenvalue weighted by Crippen LogP contribution is 2.42. The van der Waals surface area contributed by atoms with Gasteiger partial charge in [-0.05, 0) is 37.1 Å². The Kier molecular flexibility index (Phi) is 6.16. The van der Waals surface area contributed by atoms with E-state index in [2.05, 4.69) is 5.32 Å². The van der Waals surface area contributed by atoms with E-state index in [-0.39, 0.29) is 28.0 Å². The molecule has 0 saturated carbocycles. The molecule has 0 aliphatic rings. The van der Waals surface area contributed by atoms with Crippen LogP contribution >= 0.6 is 34.8 Å². The number of carbonyl (C=O) groups is 2. The average molecular weight is 402 g/mol. The van der Waals surface area contributed by atoms with E-state index in [1.807, 2.05) is 0 Å². The molecule has 0 spiro atoms. The van der Waals surface area contributed by atoms with E-state index in [0.717, 1.165) is 0 Å². The molecule has 8 heteroatoms. The molecule has 0 radical (unpaired) electrons. The van der Waals surface area contributed by atoms with Crippen LogP contribution in [0.1, 0.15) is 21.5 Å². The van der Waals surface area contributed by atoms with E-state index in [1.165, 1.54) is 6.07 Å². The number of halogens is 3. The summed E-state index contributed by atoms with van der Waals surface area (Å²) in [4.78, 5) is 23.5. The Morgan fingerprint density at radius 2 is 1.60 bits per heavy atom. The molecule has 2 amide bonds. The molecular formula is C17H15Cl3N2O3. The highest BCUT2D eigenvalue weighted by Gasteiger charge is 2.19. The average Bonchev–Trinajstić information content (AvgIpc) is 2.58. The van der Waals surface area contributed by atoms with Crippen LogP contribution in [-0.4, -0.2) is 18.4 Å². The lowest BCUT2D eigenvalue weighted by Crippen LogP contribution is -2.23. The fourth-order valence-electron chi connectivity index (χ4n) is 2.17. The second-order valence-electron chi connectivity index (χ2n) is 5.27. The van der Waals surface area contributed by atoms with Crippen molar-refractivity contribution in [1.82, 2.24) is 0 Å². The predicted octanol–water partition coefficient (Wildman–Crippen LogP) is 4.38. The molecule has 2 aromatic rings. The van der Waals surface area contributed by atoms with Crippen LogP contribution < -0.4 is 15.8 Å². The molecule has 0 bridgehead atoms. The van der Waals surface area contributed by atoms with Gasteiger partial charge < -0.3 is 15.8 Å². The SMILES string of the molecule is Cc1c(Cl)c(C)c(Cl)c(OCC(=O)Nc2ccccc2C(N)=O)c1Cl. The molecule has 0 aliphatic heterocycles. The highest BCUT2D eigenvalue weighted by molar-refractivity contribution is 6.42. The van der Waals surface area contributed by atoms with Gasteiger partial charge in [-0.15, -0.1) is 0 Å². The Labute approximate surface area is 160 Å². The first-order valence-corrected chi connectivity index (χ1v) is 8.32. The van der Waals surface area contributed by atoms with E-state index in [9.17, 15) is 9.59 Å². The standard InChI is InChI=1S/C17H15Cl3N2O3/c1-8-13(18)9(2)15(20)16(14(8)19)25-7-12(23)22-11-6-4-3-5-10(11)17(21)24/h3-6H,7H2,1-2H3,(H2,21,24)(H,22,23). The molecule has 0 unspecified atom stereocenters. The van der Waals surface area contributed by atoms with E-state index < -0.39 is 11.8 Å². The maximum absolute atomic E-state index is 12.1. The molecule has 3 N–H and O–H groups in total. The van der Waals surface area contributed by atoms with Gasteiger partial charge in [-0.2, -0.15) is 0 Å². The van der Waals surface area contributed by atoms with E-state index in [0.29, 0.717) is 21.8 Å². The summed E-state index contributed by atoms with van der Waals surface area (Å²) in [5, 5.41) is 3.49. The third-order valence-corrected chi connectivity index (χ3v) is 5.01. The van der Waals surface area contributed by atoms with Gasteiger partial charge in [0, 0.05) is 5.02 Å². The van der Waals surface area contributed by atoms with Gasteiger partial charge in [0.2, 0.25) is 0 Å². The van der Waals surface area contributed by atoms with Crippen LogP contribution in [0.25, 0.3) is 0 Å². The van der Waals surface area contributed by atoms with E-state index in [1.54, 1.807) is 32.0 Å². The van der Waals surface area contributed by atoms with Gasteiger partial charge in [-0.25, -0.2) is 0 Å². The number of amides is 2. The molecule has 0 aromatic heterocycles. The maximum Gasteiger partial charge on any atom is 0.262 e. The maximum atomic E-state index is 12.1. The Bertz CT molecular complexity index is 824. The minimum atomic E-state index is -0.646. The lowest BCUT2D eigenvalue weighted by atomic mass is 10.1. The summed E-state index contributed by atoms with van der Waals surface area (Å²) >= 11 is 18.5. The van der Waals surface area contributed by atoms with Crippen molar-refractivity contribution in [3.05, 3.63) is 56.0 Å². The summed E-state index contributed by atoms with van der Waals surface area (Å²) in [5.41, 5.74) is 6.99. The molecule has 0 aliphatic carbocycles. The Balaban J connectivity index is 2.16. The van der Waals surface area contributed by atoms with Crippen molar-refractivity contribution in [2.24, 2.45) is 5.73 Å². The van der Waals surface area contributed by atoms with E-state index >= 15 is 0 Å². The number of hydrogen-bond acceptors (Lipinski definition) is 3. The first-order valence-electron chi connectivity index (χ1n) is 7.19. The first kappa shape index (κ1) is 19.4. The number of ether oxygens (including phenoxy) is 1. The minimum absolute atomic E-state index is 0.182. The number of carbonyl (C=O) groups excluding carboxylic acids is 2. The quantitative estimate of drug-likeness (QED) is 0.780. The zero-order chi connectivity index (χ0) is 18.7. The second kappa shape index (κ2) is 7.95. The number of anilines is 1. The molecule has 25 heavy (non-hydrogen) atoms. The van der Waals surface area contributed by atoms with Crippen molar-refractivity contribution in [3.8, 4) is 5.75 Å². The van der Waals surface area contributed by atoms with Crippen LogP contribution in [0.4, 0.5) is 5.69 Å². The number of rotatable bonds is 5. The first-order chi connectivity index (χ1) is 11.7. The lowest BCUT2D eigenvalue weighted by molar-refractivity contribution is -0.118. The zero-order valence-electron chi connectivity index (χ0n) is 13.5. The van der Waals surface area contributed by atoms with Gasteiger partial charge in [0.15, 0.2) is 12.4 Å². The monoisotopic (exact) mass is 400 g/mol. The van der Waals surface area contributed by atoms with Crippen LogP contribution in [0.15, 0.2) is 24.3 Å². The molecule has 0 saturated heterocycles. The third-order valence-electron chi connectivity index (χ3n) is 3.53. The van der Waals surface area contributed by atoms with Crippen LogP contribution in [0, 0.1) is 13.8 Å². The zero-order valence-corrected chi connectivity index (χ0v) is 15.7. The number of hydrogen-bond donors (Lipinski definition) is 2. The van der Waals surface area contributed by atoms with Crippen molar-refractivity contribution in [2.45, 2.75) is 13.8 Å². The number of primary amides is 1. The fourth-order valence-corrected chi connectivity index (χ4v) is 2.99. The van der Waals surface area contributed by atoms with Gasteiger partial charge in [0.25, 0.3) is 11.8 Å². The van der Waals surface area contributed by atoms with E-state index in [4.69, 9.17) is 45.3 Å². The molecule has 0 heterocycles. The predicted molar refractivity (Wildman–Crippen MR) is 100 cm³/mol. The van der Waals surface area contributed by atoms with Crippen molar-refractivity contribution in [2.75, 3.05) is 11.9 Å². The Hall–Kier alpha value is -1.95. The van der Waals surface area contributed by atoms with Crippen LogP contribution in [0.3, 0.4) is 0 Å². The van der Waals surface area contributed by atoms with Gasteiger partial charge >= 0.3 is 0 Å². The largest absolute Gasteiger partial charge is 0.481 e. The molecular weight excluding hydrogens is 387 g/mol. The summed E-state index contributed by atoms with van der Waals surface area (Å²) in [7, 11) is 0. The molecule has 5 nitrogen and oxygen atoms in total. The smallest absolute Gasteiger partial charge is 0.262 e. The minimum Gasteiger partial charge on any atom is -0.481 e. The van der Waals surface area contributed by atoms with Crippen molar-refractivity contribution >= 4 is 52.3 Å². The van der Waals surface area contributed by atoms with Crippen molar-refractivity contribution < 1.29 is 14.3 Å². The number of para-hydroxylation sites is 1. The fraction of sp³-hybridized carbons (Fsp3) is 0.176. The van der Waals surface area contributed by atoms with Gasteiger partial charge in [-0.3, -0.25) is 9.59 Å². The summed E-state index contributed by atoms with van der Waals surface area (Å²) < 4.78 is 5.47.